The number of nitrogens with one attached hydrogen (secondary N) is 2. The smallest absolute Gasteiger partial charge is 0.374 e. The third-order valence-electron chi connectivity index (χ3n) is 19.4. The molecule has 119 heavy (non-hydrogen) atoms. The summed E-state index contributed by atoms with van der Waals surface area (Å²) in [6, 6.07) is 0. The summed E-state index contributed by atoms with van der Waals surface area (Å²) in [5.41, 5.74) is 16.9. The molecule has 7 N–H and O–H groups in total. The molecule has 39 nitrogen and oxygen atoms in total. The lowest BCUT2D eigenvalue weighted by Crippen LogP contribution is -2.28. The highest BCUT2D eigenvalue weighted by atomic mass is 35.5. The summed E-state index contributed by atoms with van der Waals surface area (Å²) in [5, 5.41) is 8.70. The van der Waals surface area contributed by atoms with Crippen LogP contribution in [-0.4, -0.2) is 242 Å². The van der Waals surface area contributed by atoms with Crippen LogP contribution in [0.2, 0.25) is 5.15 Å². The number of ether oxygens (including phenoxy) is 11. The fourth-order valence-electron chi connectivity index (χ4n) is 13.2. The van der Waals surface area contributed by atoms with Crippen molar-refractivity contribution in [3.05, 3.63) is 117 Å². The number of Topliss-reactive ketones (excluding diaryl/α,β-unsaturated/α-hetero) is 4. The molecule has 40 heteroatoms. The molecule has 0 bridgehead atoms. The predicted octanol–water partition coefficient (Wildman–Crippen LogP) is 6.13. The summed E-state index contributed by atoms with van der Waals surface area (Å²) in [4.78, 5) is 165. The number of nitrogen functional groups attached to an aromatic ring is 2. The number of aromatic nitrogens is 13. The Hall–Kier alpha value is -10.8. The number of rotatable bonds is 29. The number of imidazole rings is 5. The zero-order chi connectivity index (χ0) is 86.3. The Morgan fingerprint density at radius 1 is 0.538 bits per heavy atom. The van der Waals surface area contributed by atoms with E-state index in [0.29, 0.717) is 151 Å². The van der Waals surface area contributed by atoms with Crippen molar-refractivity contribution < 1.29 is 110 Å². The predicted molar refractivity (Wildman–Crippen MR) is 424 cm³/mol. The number of aldehydes is 3. The molecule has 0 spiro atoms. The highest BCUT2D eigenvalue weighted by Crippen LogP contribution is 2.35. The zero-order valence-electron chi connectivity index (χ0n) is 68.3. The SMILES string of the molecule is CCOC(=O)c1nc(CC(=O)C2CCOCC2)cn1COC.CCOC(=O)c1nc(N)cn1COC.COCn1cc(CC(=O)C2CCOCC2)nc1C=O.COc1c(C)cnc(CN2C(=O)Cc3c(Cl)nc(N)nc32)c1C.O=C(O)C1CCOCC1.O=Cc1ncc(CC(=O)C2CCOCC2)[nH]1.O=Cc1ncc(CC(=O)C2CCOCC2)[nH]1. The van der Waals surface area contributed by atoms with Crippen molar-refractivity contribution in [3.63, 3.8) is 0 Å². The number of methoxy groups -OCH3 is 4. The van der Waals surface area contributed by atoms with Crippen LogP contribution in [0.15, 0.2) is 37.2 Å². The van der Waals surface area contributed by atoms with Gasteiger partial charge in [-0.15, -0.1) is 0 Å². The molecule has 1 amide bonds. The van der Waals surface area contributed by atoms with Crippen molar-refractivity contribution in [2.45, 2.75) is 151 Å². The van der Waals surface area contributed by atoms with Crippen LogP contribution in [-0.2, 0) is 135 Å². The molecule has 0 saturated carbocycles. The Bertz CT molecular complexity index is 4390. The van der Waals surface area contributed by atoms with Crippen LogP contribution in [0.5, 0.6) is 5.75 Å². The molecule has 13 rings (SSSR count). The molecule has 7 aromatic rings. The molecule has 6 aliphatic heterocycles. The molecular weight excluding hydrogens is 1580 g/mol. The van der Waals surface area contributed by atoms with E-state index in [1.807, 2.05) is 13.8 Å². The van der Waals surface area contributed by atoms with Crippen molar-refractivity contribution in [1.29, 1.82) is 0 Å². The van der Waals surface area contributed by atoms with Gasteiger partial charge < -0.3 is 87.8 Å². The highest BCUT2D eigenvalue weighted by Gasteiger charge is 2.34. The molecule has 7 aromatic heterocycles. The van der Waals surface area contributed by atoms with Gasteiger partial charge in [-0.25, -0.2) is 39.5 Å². The number of fused-ring (bicyclic) bond motifs is 1. The monoisotopic (exact) mass is 1680 g/mol. The van der Waals surface area contributed by atoms with E-state index in [1.165, 1.54) is 29.9 Å². The molecule has 5 saturated heterocycles. The number of ketones is 4. The largest absolute Gasteiger partial charge is 0.496 e. The van der Waals surface area contributed by atoms with Gasteiger partial charge in [0.15, 0.2) is 36.3 Å². The number of halogens is 1. The van der Waals surface area contributed by atoms with E-state index >= 15 is 0 Å². The lowest BCUT2D eigenvalue weighted by Gasteiger charge is -2.20. The molecule has 5 fully saturated rings. The number of carbonyl (C=O) groups is 11. The first-order chi connectivity index (χ1) is 57.4. The van der Waals surface area contributed by atoms with Gasteiger partial charge in [0.25, 0.3) is 0 Å². The summed E-state index contributed by atoms with van der Waals surface area (Å²) in [6.07, 6.45) is 20.6. The molecule has 0 atom stereocenters. The van der Waals surface area contributed by atoms with E-state index in [-0.39, 0.29) is 157 Å². The number of anilines is 3. The highest BCUT2D eigenvalue weighted by molar-refractivity contribution is 6.31. The molecule has 0 unspecified atom stereocenters. The van der Waals surface area contributed by atoms with Gasteiger partial charge in [-0.3, -0.25) is 57.6 Å². The fraction of sp³-hybridized carbons (Fsp3) is 0.557. The number of amides is 1. The average molecular weight is 1680 g/mol. The fourth-order valence-corrected chi connectivity index (χ4v) is 13.5. The molecule has 648 valence electrons. The number of nitrogens with zero attached hydrogens (tertiary/aromatic N) is 12. The maximum atomic E-state index is 12.3. The number of H-pyrrole nitrogens is 2. The van der Waals surface area contributed by atoms with Gasteiger partial charge in [0, 0.05) is 183 Å². The number of carboxylic acid groups (broad SMARTS) is 1. The van der Waals surface area contributed by atoms with Crippen molar-refractivity contribution in [2.75, 3.05) is 124 Å². The molecule has 6 aliphatic rings. The van der Waals surface area contributed by atoms with Gasteiger partial charge in [-0.05, 0) is 91.9 Å². The number of hydrogen-bond acceptors (Lipinski definition) is 32. The Morgan fingerprint density at radius 2 is 0.950 bits per heavy atom. The number of nitrogens with two attached hydrogens (primary N) is 2. The number of esters is 2. The second-order valence-electron chi connectivity index (χ2n) is 27.9. The van der Waals surface area contributed by atoms with Crippen molar-refractivity contribution in [2.24, 2.45) is 29.6 Å². The van der Waals surface area contributed by atoms with Crippen LogP contribution in [0.4, 0.5) is 17.6 Å². The van der Waals surface area contributed by atoms with E-state index in [1.54, 1.807) is 68.2 Å². The Balaban J connectivity index is 0.000000194. The van der Waals surface area contributed by atoms with Gasteiger partial charge in [-0.1, -0.05) is 11.6 Å². The number of aryl methyl sites for hydroxylation is 1. The van der Waals surface area contributed by atoms with Crippen LogP contribution < -0.4 is 21.1 Å². The van der Waals surface area contributed by atoms with Gasteiger partial charge in [0.1, 0.15) is 65.9 Å². The van der Waals surface area contributed by atoms with Crippen LogP contribution in [0.1, 0.15) is 176 Å². The zero-order valence-corrected chi connectivity index (χ0v) is 69.1. The van der Waals surface area contributed by atoms with E-state index in [9.17, 15) is 52.7 Å². The Labute approximate surface area is 692 Å². The molecule has 0 radical (unpaired) electrons. The molecule has 0 aliphatic carbocycles. The number of aromatic amines is 2. The molecular formula is C79H107ClN16O23. The maximum absolute atomic E-state index is 12.3. The second kappa shape index (κ2) is 50.2. The topological polar surface area (TPSA) is 514 Å². The van der Waals surface area contributed by atoms with Crippen LogP contribution >= 0.6 is 11.6 Å². The first kappa shape index (κ1) is 95.4. The number of carboxylic acids is 1. The Morgan fingerprint density at radius 3 is 1.35 bits per heavy atom. The standard InChI is InChI=1S/C15H16ClN5O2.C15H22N2O5.C13H18N2O4.2C11H14N2O3.C8H13N3O3.C6H10O3/c1-7-5-18-10(8(2)12(7)23-3)6-21-11(22)4-9-13(16)19-15(17)20-14(9)21;1-3-22-15(19)14-16-12(9-17(14)10-20-2)8-13(18)11-4-6-21-7-5-11;1-18-9-15-7-11(14-13(15)8-16)6-12(17)10-2-4-19-5-3-10;2*14-7-11-12-6-9(13-11)5-10(15)8-1-3-16-4-2-8;1-3-14-8(12)7-10-6(9)4-11(7)5-13-2;7-6(8)5-1-3-9-4-2-5/h5H,4,6H2,1-3H3,(H2,17,19,20);9,11H,3-8,10H2,1-2H3;7-8,10H,2-6,9H2,1H3;2*6-8H,1-5H2,(H,12,13);4H,3,5,9H2,1-2H3;5H,1-4H2,(H,7,8). The van der Waals surface area contributed by atoms with Crippen LogP contribution in [0, 0.1) is 43.4 Å². The van der Waals surface area contributed by atoms with Crippen molar-refractivity contribution in [3.8, 4) is 5.75 Å². The maximum Gasteiger partial charge on any atom is 0.374 e. The summed E-state index contributed by atoms with van der Waals surface area (Å²) in [7, 11) is 6.21. The Kier molecular flexibility index (Phi) is 40.2. The van der Waals surface area contributed by atoms with Crippen molar-refractivity contribution in [1.82, 2.24) is 63.5 Å². The summed E-state index contributed by atoms with van der Waals surface area (Å²) in [6.45, 7) is 15.2. The third-order valence-corrected chi connectivity index (χ3v) is 19.7. The lowest BCUT2D eigenvalue weighted by atomic mass is 9.93. The average Bonchev–Trinajstić information content (AvgIpc) is 1.64. The lowest BCUT2D eigenvalue weighted by molar-refractivity contribution is -0.144. The molecule has 0 aromatic carbocycles. The summed E-state index contributed by atoms with van der Waals surface area (Å²) in [5.74, 6) is 1.70. The first-order valence-corrected chi connectivity index (χ1v) is 39.3. The van der Waals surface area contributed by atoms with E-state index in [2.05, 4.69) is 49.8 Å². The summed E-state index contributed by atoms with van der Waals surface area (Å²) < 4.78 is 60.6. The third kappa shape index (κ3) is 29.9. The minimum absolute atomic E-state index is 0.0207. The summed E-state index contributed by atoms with van der Waals surface area (Å²) >= 11 is 6.06. The normalized spacial score (nSPS) is 15.6. The minimum atomic E-state index is -0.682. The van der Waals surface area contributed by atoms with Crippen LogP contribution in [0.3, 0.4) is 0 Å². The second-order valence-corrected chi connectivity index (χ2v) is 28.3. The van der Waals surface area contributed by atoms with Crippen LogP contribution in [0.25, 0.3) is 0 Å². The number of pyridine rings is 1. The van der Waals surface area contributed by atoms with Gasteiger partial charge in [0.2, 0.25) is 23.5 Å². The van der Waals surface area contributed by atoms with Gasteiger partial charge in [0.05, 0.1) is 75.3 Å². The van der Waals surface area contributed by atoms with Gasteiger partial charge in [-0.2, -0.15) is 4.98 Å². The van der Waals surface area contributed by atoms with E-state index in [0.717, 1.165) is 73.9 Å². The van der Waals surface area contributed by atoms with E-state index < -0.39 is 17.9 Å². The van der Waals surface area contributed by atoms with E-state index in [4.69, 9.17) is 80.3 Å². The quantitative estimate of drug-likeness (QED) is 0.0200. The number of aliphatic carboxylic acids is 1. The minimum Gasteiger partial charge on any atom is -0.496 e. The number of hydrogen-bond donors (Lipinski definition) is 5. The van der Waals surface area contributed by atoms with Crippen molar-refractivity contribution >= 4 is 95.0 Å². The first-order valence-electron chi connectivity index (χ1n) is 38.9. The van der Waals surface area contributed by atoms with Gasteiger partial charge >= 0.3 is 17.9 Å². The number of carbonyl (C=O) groups excluding carboxylic acids is 10. The molecule has 13 heterocycles.